The number of aryl methyl sites for hydroxylation is 1. The van der Waals surface area contributed by atoms with Crippen molar-refractivity contribution in [1.82, 2.24) is 24.3 Å². The Kier molecular flexibility index (Phi) is 6.77. The first-order valence-electron chi connectivity index (χ1n) is 12.5. The Bertz CT molecular complexity index is 1300. The average molecular weight is 494 g/mol. The summed E-state index contributed by atoms with van der Waals surface area (Å²) in [5, 5.41) is 13.5. The molecule has 1 saturated heterocycles. The maximum atomic E-state index is 13.6. The molecule has 9 heteroatoms. The predicted molar refractivity (Wildman–Crippen MR) is 134 cm³/mol. The lowest BCUT2D eigenvalue weighted by atomic mass is 9.86. The van der Waals surface area contributed by atoms with E-state index in [1.54, 1.807) is 29.1 Å². The topological polar surface area (TPSA) is 92.4 Å². The lowest BCUT2D eigenvalue weighted by Gasteiger charge is -2.38. The Balaban J connectivity index is 1.46. The van der Waals surface area contributed by atoms with Gasteiger partial charge >= 0.3 is 0 Å². The van der Waals surface area contributed by atoms with Crippen LogP contribution in [0.5, 0.6) is 0 Å². The summed E-state index contributed by atoms with van der Waals surface area (Å²) < 4.78 is 17.1. The summed E-state index contributed by atoms with van der Waals surface area (Å²) in [5.41, 5.74) is 2.69. The SMILES string of the molecule is CCCN1[C@@H]2Cn3c(ccc(-c4ccc(F)cc4)c3=O)[C@H]1[C@@H](C(=O)NCCc1cn(C)cn1)[C@@H]2CO. The number of benzene rings is 1. The summed E-state index contributed by atoms with van der Waals surface area (Å²) in [7, 11) is 1.91. The zero-order chi connectivity index (χ0) is 25.4. The summed E-state index contributed by atoms with van der Waals surface area (Å²) in [5.74, 6) is -1.22. The standard InChI is InChI=1S/C27H32FN5O3/c1-3-12-32-23-14-33-22(9-8-20(27(33)36)17-4-6-18(28)7-5-17)25(32)24(21(23)15-34)26(35)29-11-10-19-13-31(2)16-30-19/h4-9,13,16,21,23-25,34H,3,10-12,14-15H2,1-2H3,(H,29,35)/t21-,23-,24+,25+/m1/s1. The van der Waals surface area contributed by atoms with Crippen molar-refractivity contribution >= 4 is 5.91 Å². The van der Waals surface area contributed by atoms with Gasteiger partial charge in [-0.05, 0) is 42.8 Å². The number of fused-ring (bicyclic) bond motifs is 4. The second kappa shape index (κ2) is 9.99. The Labute approximate surface area is 209 Å². The molecule has 2 aromatic heterocycles. The van der Waals surface area contributed by atoms with E-state index in [0.29, 0.717) is 30.6 Å². The van der Waals surface area contributed by atoms with Gasteiger partial charge in [-0.3, -0.25) is 14.5 Å². The van der Waals surface area contributed by atoms with Crippen LogP contribution in [0, 0.1) is 17.7 Å². The Morgan fingerprint density at radius 1 is 1.22 bits per heavy atom. The van der Waals surface area contributed by atoms with E-state index in [0.717, 1.165) is 24.4 Å². The molecule has 36 heavy (non-hydrogen) atoms. The number of pyridine rings is 1. The molecule has 4 heterocycles. The molecule has 0 spiro atoms. The second-order valence-electron chi connectivity index (χ2n) is 9.79. The van der Waals surface area contributed by atoms with Crippen molar-refractivity contribution in [3.8, 4) is 11.1 Å². The molecule has 0 radical (unpaired) electrons. The number of halogens is 1. The van der Waals surface area contributed by atoms with Gasteiger partial charge in [0.25, 0.3) is 5.56 Å². The Morgan fingerprint density at radius 2 is 2.00 bits per heavy atom. The van der Waals surface area contributed by atoms with Crippen molar-refractivity contribution in [2.45, 2.75) is 38.4 Å². The van der Waals surface area contributed by atoms with Gasteiger partial charge in [-0.15, -0.1) is 0 Å². The maximum Gasteiger partial charge on any atom is 0.258 e. The van der Waals surface area contributed by atoms with Crippen LogP contribution in [0.1, 0.15) is 30.8 Å². The van der Waals surface area contributed by atoms with Gasteiger partial charge in [0, 0.05) is 62.6 Å². The summed E-state index contributed by atoms with van der Waals surface area (Å²) in [6.07, 6.45) is 5.18. The van der Waals surface area contributed by atoms with Crippen LogP contribution in [-0.4, -0.2) is 55.8 Å². The van der Waals surface area contributed by atoms with Crippen molar-refractivity contribution < 1.29 is 14.3 Å². The minimum absolute atomic E-state index is 0.109. The first kappa shape index (κ1) is 24.4. The third kappa shape index (κ3) is 4.26. The molecular weight excluding hydrogens is 461 g/mol. The molecule has 1 fully saturated rings. The van der Waals surface area contributed by atoms with E-state index in [1.165, 1.54) is 12.1 Å². The maximum absolute atomic E-state index is 13.6. The molecule has 0 saturated carbocycles. The van der Waals surface area contributed by atoms with Gasteiger partial charge in [0.05, 0.1) is 24.0 Å². The van der Waals surface area contributed by atoms with Crippen molar-refractivity contribution in [3.63, 3.8) is 0 Å². The molecule has 3 aromatic rings. The highest BCUT2D eigenvalue weighted by molar-refractivity contribution is 5.80. The van der Waals surface area contributed by atoms with Crippen molar-refractivity contribution in [1.29, 1.82) is 0 Å². The number of hydrogen-bond acceptors (Lipinski definition) is 5. The summed E-state index contributed by atoms with van der Waals surface area (Å²) >= 11 is 0. The fraction of sp³-hybridized carbons (Fsp3) is 0.444. The van der Waals surface area contributed by atoms with Crippen LogP contribution in [0.25, 0.3) is 11.1 Å². The molecule has 190 valence electrons. The smallest absolute Gasteiger partial charge is 0.258 e. The van der Waals surface area contributed by atoms with E-state index in [-0.39, 0.29) is 41.9 Å². The van der Waals surface area contributed by atoms with E-state index in [9.17, 15) is 19.1 Å². The van der Waals surface area contributed by atoms with E-state index in [1.807, 2.05) is 23.9 Å². The monoisotopic (exact) mass is 493 g/mol. The molecule has 1 aromatic carbocycles. The van der Waals surface area contributed by atoms with Crippen LogP contribution in [0.4, 0.5) is 4.39 Å². The highest BCUT2D eigenvalue weighted by Crippen LogP contribution is 2.48. The van der Waals surface area contributed by atoms with Crippen molar-refractivity contribution in [3.05, 3.63) is 76.5 Å². The van der Waals surface area contributed by atoms with E-state index in [2.05, 4.69) is 22.1 Å². The number of amides is 1. The van der Waals surface area contributed by atoms with E-state index < -0.39 is 5.92 Å². The largest absolute Gasteiger partial charge is 0.396 e. The van der Waals surface area contributed by atoms with Crippen molar-refractivity contribution in [2.24, 2.45) is 18.9 Å². The van der Waals surface area contributed by atoms with Gasteiger partial charge in [-0.25, -0.2) is 9.37 Å². The second-order valence-corrected chi connectivity index (χ2v) is 9.79. The van der Waals surface area contributed by atoms with Gasteiger partial charge in [-0.1, -0.05) is 19.1 Å². The molecule has 0 aliphatic carbocycles. The Morgan fingerprint density at radius 3 is 2.67 bits per heavy atom. The zero-order valence-electron chi connectivity index (χ0n) is 20.6. The molecule has 2 bridgehead atoms. The Hall–Kier alpha value is -3.30. The van der Waals surface area contributed by atoms with Crippen LogP contribution >= 0.6 is 0 Å². The molecule has 0 unspecified atom stereocenters. The number of aliphatic hydroxyl groups is 1. The number of carbonyl (C=O) groups excluding carboxylic acids is 1. The van der Waals surface area contributed by atoms with E-state index >= 15 is 0 Å². The fourth-order valence-electron chi connectivity index (χ4n) is 5.97. The molecule has 2 N–H and O–H groups in total. The van der Waals surface area contributed by atoms with Crippen LogP contribution in [-0.2, 0) is 24.8 Å². The number of nitrogens with zero attached hydrogens (tertiary/aromatic N) is 4. The quantitative estimate of drug-likeness (QED) is 0.502. The van der Waals surface area contributed by atoms with Gasteiger partial charge in [0.2, 0.25) is 5.91 Å². The lowest BCUT2D eigenvalue weighted by molar-refractivity contribution is -0.127. The van der Waals surface area contributed by atoms with Crippen LogP contribution in [0.3, 0.4) is 0 Å². The number of rotatable bonds is 8. The third-order valence-corrected chi connectivity index (χ3v) is 7.55. The molecule has 4 atom stereocenters. The van der Waals surface area contributed by atoms with Gasteiger partial charge in [0.15, 0.2) is 0 Å². The van der Waals surface area contributed by atoms with Crippen LogP contribution in [0.15, 0.2) is 53.7 Å². The van der Waals surface area contributed by atoms with Gasteiger partial charge < -0.3 is 19.6 Å². The normalized spacial score (nSPS) is 23.0. The first-order valence-corrected chi connectivity index (χ1v) is 12.5. The number of nitrogens with one attached hydrogen (secondary N) is 1. The van der Waals surface area contributed by atoms with Crippen molar-refractivity contribution in [2.75, 3.05) is 19.7 Å². The predicted octanol–water partition coefficient (Wildman–Crippen LogP) is 2.12. The molecule has 2 aliphatic heterocycles. The molecule has 2 aliphatic rings. The number of hydrogen-bond donors (Lipinski definition) is 2. The number of aliphatic hydroxyl groups excluding tert-OH is 1. The number of carbonyl (C=O) groups is 1. The molecule has 8 nitrogen and oxygen atoms in total. The van der Waals surface area contributed by atoms with E-state index in [4.69, 9.17) is 0 Å². The van der Waals surface area contributed by atoms with Crippen LogP contribution in [0.2, 0.25) is 0 Å². The zero-order valence-corrected chi connectivity index (χ0v) is 20.6. The van der Waals surface area contributed by atoms with Crippen LogP contribution < -0.4 is 10.9 Å². The first-order chi connectivity index (χ1) is 17.4. The highest BCUT2D eigenvalue weighted by Gasteiger charge is 2.55. The van der Waals surface area contributed by atoms with Gasteiger partial charge in [-0.2, -0.15) is 0 Å². The minimum atomic E-state index is -0.472. The lowest BCUT2D eigenvalue weighted by Crippen LogP contribution is -2.47. The average Bonchev–Trinajstić information content (AvgIpc) is 3.37. The summed E-state index contributed by atoms with van der Waals surface area (Å²) in [6, 6.07) is 9.16. The highest BCUT2D eigenvalue weighted by atomic mass is 19.1. The third-order valence-electron chi connectivity index (χ3n) is 7.55. The fourth-order valence-corrected chi connectivity index (χ4v) is 5.97. The minimum Gasteiger partial charge on any atom is -0.396 e. The molecule has 1 amide bonds. The summed E-state index contributed by atoms with van der Waals surface area (Å²) in [4.78, 5) is 33.7. The molecular formula is C27H32FN5O3. The van der Waals surface area contributed by atoms with Gasteiger partial charge in [0.1, 0.15) is 5.82 Å². The molecule has 5 rings (SSSR count). The number of aromatic nitrogens is 3. The number of imidazole rings is 1. The summed E-state index contributed by atoms with van der Waals surface area (Å²) in [6.45, 7) is 3.59.